The molecule has 0 amide bonds. The van der Waals surface area contributed by atoms with Gasteiger partial charge in [0.15, 0.2) is 0 Å². The van der Waals surface area contributed by atoms with Gasteiger partial charge in [-0.1, -0.05) is 26.2 Å². The molecule has 12 heavy (non-hydrogen) atoms. The van der Waals surface area contributed by atoms with E-state index >= 15 is 0 Å². The molecular formula is C10H23NO. The van der Waals surface area contributed by atoms with Crippen LogP contribution in [0, 0.1) is 0 Å². The van der Waals surface area contributed by atoms with Crippen LogP contribution in [0.25, 0.3) is 0 Å². The molecule has 0 unspecified atom stereocenters. The monoisotopic (exact) mass is 173 g/mol. The SMILES string of the molecule is CCCNC.OC1CCCCC1. The van der Waals surface area contributed by atoms with E-state index < -0.39 is 0 Å². The first kappa shape index (κ1) is 11.9. The third-order valence-electron chi connectivity index (χ3n) is 2.07. The lowest BCUT2D eigenvalue weighted by molar-refractivity contribution is 0.130. The fourth-order valence-electron chi connectivity index (χ4n) is 1.33. The molecule has 2 N–H and O–H groups in total. The zero-order valence-electron chi connectivity index (χ0n) is 8.47. The third kappa shape index (κ3) is 8.02. The molecule has 0 aromatic rings. The quantitative estimate of drug-likeness (QED) is 0.668. The largest absolute Gasteiger partial charge is 0.393 e. The molecule has 1 fully saturated rings. The van der Waals surface area contributed by atoms with Gasteiger partial charge in [0.25, 0.3) is 0 Å². The lowest BCUT2D eigenvalue weighted by atomic mass is 9.98. The highest BCUT2D eigenvalue weighted by atomic mass is 16.3. The summed E-state index contributed by atoms with van der Waals surface area (Å²) in [5.41, 5.74) is 0. The standard InChI is InChI=1S/C6H12O.C4H11N/c7-6-4-2-1-3-5-6;1-3-4-5-2/h6-7H,1-5H2;5H,3-4H2,1-2H3. The Kier molecular flexibility index (Phi) is 8.95. The van der Waals surface area contributed by atoms with Crippen LogP contribution in [0.4, 0.5) is 0 Å². The molecule has 74 valence electrons. The Bertz CT molecular complexity index is 77.9. The third-order valence-corrected chi connectivity index (χ3v) is 2.07. The highest BCUT2D eigenvalue weighted by molar-refractivity contribution is 4.61. The summed E-state index contributed by atoms with van der Waals surface area (Å²) in [7, 11) is 1.96. The van der Waals surface area contributed by atoms with Gasteiger partial charge in [-0.3, -0.25) is 0 Å². The summed E-state index contributed by atoms with van der Waals surface area (Å²) in [5, 5.41) is 11.9. The smallest absolute Gasteiger partial charge is 0.0540 e. The summed E-state index contributed by atoms with van der Waals surface area (Å²) in [6, 6.07) is 0. The topological polar surface area (TPSA) is 32.3 Å². The lowest BCUT2D eigenvalue weighted by Gasteiger charge is -2.14. The Morgan fingerprint density at radius 1 is 1.25 bits per heavy atom. The van der Waals surface area contributed by atoms with Gasteiger partial charge in [-0.05, 0) is 32.9 Å². The van der Waals surface area contributed by atoms with Crippen molar-refractivity contribution in [1.82, 2.24) is 5.32 Å². The summed E-state index contributed by atoms with van der Waals surface area (Å²) in [6.07, 6.45) is 7.16. The number of nitrogens with one attached hydrogen (secondary N) is 1. The molecule has 0 aromatic heterocycles. The van der Waals surface area contributed by atoms with Gasteiger partial charge in [-0.25, -0.2) is 0 Å². The molecule has 2 nitrogen and oxygen atoms in total. The molecule has 0 saturated heterocycles. The van der Waals surface area contributed by atoms with Crippen LogP contribution in [-0.4, -0.2) is 24.8 Å². The minimum atomic E-state index is 0.0359. The van der Waals surface area contributed by atoms with Gasteiger partial charge in [-0.2, -0.15) is 0 Å². The molecule has 0 aromatic carbocycles. The summed E-state index contributed by atoms with van der Waals surface area (Å²) in [4.78, 5) is 0. The van der Waals surface area contributed by atoms with E-state index in [1.165, 1.54) is 25.7 Å². The predicted octanol–water partition coefficient (Wildman–Crippen LogP) is 1.93. The zero-order valence-corrected chi connectivity index (χ0v) is 8.47. The number of aliphatic hydroxyl groups excluding tert-OH is 1. The maximum absolute atomic E-state index is 8.91. The Labute approximate surface area is 76.4 Å². The molecular weight excluding hydrogens is 150 g/mol. The molecule has 0 spiro atoms. The second-order valence-corrected chi connectivity index (χ2v) is 3.40. The molecule has 1 rings (SSSR count). The number of hydrogen-bond acceptors (Lipinski definition) is 2. The summed E-state index contributed by atoms with van der Waals surface area (Å²) >= 11 is 0. The van der Waals surface area contributed by atoms with Crippen LogP contribution < -0.4 is 5.32 Å². The van der Waals surface area contributed by atoms with E-state index in [1.54, 1.807) is 0 Å². The van der Waals surface area contributed by atoms with Crippen molar-refractivity contribution in [3.8, 4) is 0 Å². The number of hydrogen-bond donors (Lipinski definition) is 2. The van der Waals surface area contributed by atoms with Crippen LogP contribution in [0.2, 0.25) is 0 Å². The number of aliphatic hydroxyl groups is 1. The van der Waals surface area contributed by atoms with Gasteiger partial charge in [-0.15, -0.1) is 0 Å². The summed E-state index contributed by atoms with van der Waals surface area (Å²) in [5.74, 6) is 0. The maximum Gasteiger partial charge on any atom is 0.0540 e. The fraction of sp³-hybridized carbons (Fsp3) is 1.00. The Morgan fingerprint density at radius 2 is 1.83 bits per heavy atom. The predicted molar refractivity (Wildman–Crippen MR) is 53.3 cm³/mol. The van der Waals surface area contributed by atoms with E-state index in [-0.39, 0.29) is 6.10 Å². The highest BCUT2D eigenvalue weighted by Gasteiger charge is 2.07. The first-order valence-corrected chi connectivity index (χ1v) is 5.14. The fourth-order valence-corrected chi connectivity index (χ4v) is 1.33. The van der Waals surface area contributed by atoms with Crippen molar-refractivity contribution in [1.29, 1.82) is 0 Å². The van der Waals surface area contributed by atoms with Gasteiger partial charge in [0.1, 0.15) is 0 Å². The van der Waals surface area contributed by atoms with Crippen molar-refractivity contribution in [3.05, 3.63) is 0 Å². The van der Waals surface area contributed by atoms with Crippen LogP contribution in [0.15, 0.2) is 0 Å². The van der Waals surface area contributed by atoms with Gasteiger partial charge in [0.05, 0.1) is 6.10 Å². The summed E-state index contributed by atoms with van der Waals surface area (Å²) < 4.78 is 0. The first-order chi connectivity index (χ1) is 5.81. The molecule has 1 aliphatic carbocycles. The van der Waals surface area contributed by atoms with Crippen molar-refractivity contribution in [2.75, 3.05) is 13.6 Å². The van der Waals surface area contributed by atoms with E-state index in [9.17, 15) is 0 Å². The minimum Gasteiger partial charge on any atom is -0.393 e. The average Bonchev–Trinajstić information content (AvgIpc) is 2.08. The normalized spacial score (nSPS) is 18.2. The maximum atomic E-state index is 8.91. The molecule has 0 bridgehead atoms. The van der Waals surface area contributed by atoms with E-state index in [0.717, 1.165) is 19.4 Å². The first-order valence-electron chi connectivity index (χ1n) is 5.14. The van der Waals surface area contributed by atoms with Crippen molar-refractivity contribution in [2.45, 2.75) is 51.6 Å². The number of rotatable bonds is 2. The van der Waals surface area contributed by atoms with Gasteiger partial charge in [0.2, 0.25) is 0 Å². The van der Waals surface area contributed by atoms with E-state index in [4.69, 9.17) is 5.11 Å². The zero-order chi connectivity index (χ0) is 9.23. The minimum absolute atomic E-state index is 0.0359. The van der Waals surface area contributed by atoms with Gasteiger partial charge >= 0.3 is 0 Å². The molecule has 0 radical (unpaired) electrons. The summed E-state index contributed by atoms with van der Waals surface area (Å²) in [6.45, 7) is 3.29. The molecule has 2 heteroatoms. The Morgan fingerprint density at radius 3 is 2.00 bits per heavy atom. The average molecular weight is 173 g/mol. The Hall–Kier alpha value is -0.0800. The molecule has 1 saturated carbocycles. The van der Waals surface area contributed by atoms with E-state index in [2.05, 4.69) is 12.2 Å². The molecule has 0 heterocycles. The van der Waals surface area contributed by atoms with Crippen molar-refractivity contribution in [3.63, 3.8) is 0 Å². The second kappa shape index (κ2) is 9.01. The van der Waals surface area contributed by atoms with E-state index in [0.29, 0.717) is 0 Å². The van der Waals surface area contributed by atoms with Crippen molar-refractivity contribution in [2.24, 2.45) is 0 Å². The highest BCUT2D eigenvalue weighted by Crippen LogP contribution is 2.16. The Balaban J connectivity index is 0.000000217. The van der Waals surface area contributed by atoms with Crippen LogP contribution in [0.5, 0.6) is 0 Å². The van der Waals surface area contributed by atoms with Crippen LogP contribution in [0.1, 0.15) is 45.4 Å². The molecule has 0 atom stereocenters. The van der Waals surface area contributed by atoms with E-state index in [1.807, 2.05) is 7.05 Å². The second-order valence-electron chi connectivity index (χ2n) is 3.40. The van der Waals surface area contributed by atoms with Crippen LogP contribution in [-0.2, 0) is 0 Å². The lowest BCUT2D eigenvalue weighted by Crippen LogP contribution is -2.09. The van der Waals surface area contributed by atoms with Crippen LogP contribution in [0.3, 0.4) is 0 Å². The van der Waals surface area contributed by atoms with Gasteiger partial charge in [0, 0.05) is 0 Å². The van der Waals surface area contributed by atoms with Crippen LogP contribution >= 0.6 is 0 Å². The van der Waals surface area contributed by atoms with Crippen molar-refractivity contribution < 1.29 is 5.11 Å². The van der Waals surface area contributed by atoms with Crippen molar-refractivity contribution >= 4 is 0 Å². The van der Waals surface area contributed by atoms with Gasteiger partial charge < -0.3 is 10.4 Å². The molecule has 1 aliphatic rings. The molecule has 0 aliphatic heterocycles.